The number of carbonyl (C=O) groups is 3. The first-order valence-corrected chi connectivity index (χ1v) is 12.6. The lowest BCUT2D eigenvalue weighted by atomic mass is 9.85. The first-order chi connectivity index (χ1) is 17.0. The second-order valence-corrected chi connectivity index (χ2v) is 9.65. The minimum absolute atomic E-state index is 0.00558. The standard InChI is InChI=1S/C28H34N2O5/c1-2-18(14-26(31)30-20-9-7-8-19(15-20)27(32)33)16-29-28(34)35-17-25-23-12-5-3-10-21(23)22-11-4-6-13-24(22)25/h3-6,10-13,18-20,25H,2,7-9,14-17H2,1H3,(H,29,34)(H,30,31)(H,32,33). The average Bonchev–Trinajstić information content (AvgIpc) is 3.19. The number of carbonyl (C=O) groups excluding carboxylic acids is 2. The lowest BCUT2D eigenvalue weighted by Crippen LogP contribution is -2.41. The number of carboxylic acid groups (broad SMARTS) is 1. The van der Waals surface area contributed by atoms with Crippen LogP contribution >= 0.6 is 0 Å². The van der Waals surface area contributed by atoms with E-state index in [1.54, 1.807) is 0 Å². The van der Waals surface area contributed by atoms with Gasteiger partial charge in [0.05, 0.1) is 5.92 Å². The Kier molecular flexibility index (Phi) is 8.06. The third kappa shape index (κ3) is 6.02. The van der Waals surface area contributed by atoms with Crippen molar-refractivity contribution in [2.24, 2.45) is 11.8 Å². The molecule has 2 amide bonds. The van der Waals surface area contributed by atoms with Gasteiger partial charge in [-0.1, -0.05) is 68.3 Å². The van der Waals surface area contributed by atoms with E-state index >= 15 is 0 Å². The van der Waals surface area contributed by atoms with Crippen LogP contribution in [0.15, 0.2) is 48.5 Å². The molecule has 2 aromatic rings. The van der Waals surface area contributed by atoms with Gasteiger partial charge in [0.1, 0.15) is 6.61 Å². The molecule has 35 heavy (non-hydrogen) atoms. The number of alkyl carbamates (subject to hydrolysis) is 1. The van der Waals surface area contributed by atoms with Crippen LogP contribution in [0.2, 0.25) is 0 Å². The van der Waals surface area contributed by atoms with E-state index in [1.807, 2.05) is 31.2 Å². The van der Waals surface area contributed by atoms with Crippen molar-refractivity contribution in [3.05, 3.63) is 59.7 Å². The minimum Gasteiger partial charge on any atom is -0.481 e. The first kappa shape index (κ1) is 24.8. The van der Waals surface area contributed by atoms with Crippen molar-refractivity contribution in [2.75, 3.05) is 13.2 Å². The maximum Gasteiger partial charge on any atom is 0.407 e. The van der Waals surface area contributed by atoms with Crippen molar-refractivity contribution < 1.29 is 24.2 Å². The van der Waals surface area contributed by atoms with Gasteiger partial charge in [-0.05, 0) is 47.4 Å². The summed E-state index contributed by atoms with van der Waals surface area (Å²) >= 11 is 0. The number of carboxylic acids is 1. The van der Waals surface area contributed by atoms with E-state index in [0.29, 0.717) is 19.4 Å². The van der Waals surface area contributed by atoms with Crippen LogP contribution in [0.3, 0.4) is 0 Å². The van der Waals surface area contributed by atoms with Gasteiger partial charge in [-0.25, -0.2) is 4.79 Å². The van der Waals surface area contributed by atoms with E-state index in [4.69, 9.17) is 4.74 Å². The zero-order chi connectivity index (χ0) is 24.8. The molecule has 2 aliphatic rings. The quantitative estimate of drug-likeness (QED) is 0.485. The number of nitrogens with one attached hydrogen (secondary N) is 2. The van der Waals surface area contributed by atoms with Crippen molar-refractivity contribution in [1.29, 1.82) is 0 Å². The molecule has 0 spiro atoms. The molecule has 3 unspecified atom stereocenters. The Hall–Kier alpha value is -3.35. The summed E-state index contributed by atoms with van der Waals surface area (Å²) in [6.07, 6.45) is 3.31. The summed E-state index contributed by atoms with van der Waals surface area (Å²) in [6.45, 7) is 2.59. The Morgan fingerprint density at radius 3 is 2.31 bits per heavy atom. The number of benzene rings is 2. The number of amides is 2. The second-order valence-electron chi connectivity index (χ2n) is 9.65. The van der Waals surface area contributed by atoms with E-state index in [0.717, 1.165) is 30.4 Å². The Morgan fingerprint density at radius 2 is 1.69 bits per heavy atom. The second kappa shape index (κ2) is 11.4. The molecular weight excluding hydrogens is 444 g/mol. The molecule has 7 heteroatoms. The fourth-order valence-corrected chi connectivity index (χ4v) is 5.33. The van der Waals surface area contributed by atoms with Crippen LogP contribution in [-0.2, 0) is 14.3 Å². The van der Waals surface area contributed by atoms with Crippen molar-refractivity contribution >= 4 is 18.0 Å². The summed E-state index contributed by atoms with van der Waals surface area (Å²) in [6, 6.07) is 16.3. The molecule has 2 aromatic carbocycles. The normalized spacial score (nSPS) is 19.8. The highest BCUT2D eigenvalue weighted by atomic mass is 16.5. The van der Waals surface area contributed by atoms with Gasteiger partial charge in [0.2, 0.25) is 5.91 Å². The largest absolute Gasteiger partial charge is 0.481 e. The van der Waals surface area contributed by atoms with Crippen LogP contribution in [0, 0.1) is 11.8 Å². The van der Waals surface area contributed by atoms with E-state index in [1.165, 1.54) is 11.1 Å². The highest BCUT2D eigenvalue weighted by Crippen LogP contribution is 2.44. The fraction of sp³-hybridized carbons (Fsp3) is 0.464. The van der Waals surface area contributed by atoms with E-state index in [9.17, 15) is 19.5 Å². The van der Waals surface area contributed by atoms with Crippen molar-refractivity contribution in [1.82, 2.24) is 10.6 Å². The molecule has 1 fully saturated rings. The Labute approximate surface area is 206 Å². The highest BCUT2D eigenvalue weighted by Gasteiger charge is 2.30. The summed E-state index contributed by atoms with van der Waals surface area (Å²) < 4.78 is 5.59. The Bertz CT molecular complexity index is 1020. The molecule has 3 N–H and O–H groups in total. The Morgan fingerprint density at radius 1 is 1.03 bits per heavy atom. The maximum atomic E-state index is 12.5. The van der Waals surface area contributed by atoms with Gasteiger partial charge in [0.15, 0.2) is 0 Å². The Balaban J connectivity index is 1.24. The molecule has 1 saturated carbocycles. The van der Waals surface area contributed by atoms with Crippen molar-refractivity contribution in [3.63, 3.8) is 0 Å². The SMILES string of the molecule is CCC(CNC(=O)OCC1c2ccccc2-c2ccccc21)CC(=O)NC1CCCC(C(=O)O)C1. The van der Waals surface area contributed by atoms with Gasteiger partial charge < -0.3 is 20.5 Å². The van der Waals surface area contributed by atoms with Crippen LogP contribution in [0.5, 0.6) is 0 Å². The molecule has 0 bridgehead atoms. The van der Waals surface area contributed by atoms with Crippen LogP contribution in [-0.4, -0.2) is 42.3 Å². The van der Waals surface area contributed by atoms with Gasteiger partial charge >= 0.3 is 12.1 Å². The molecular formula is C28H34N2O5. The molecule has 186 valence electrons. The number of fused-ring (bicyclic) bond motifs is 3. The third-order valence-corrected chi connectivity index (χ3v) is 7.32. The zero-order valence-corrected chi connectivity index (χ0v) is 20.2. The van der Waals surface area contributed by atoms with E-state index in [2.05, 4.69) is 34.9 Å². The number of hydrogen-bond acceptors (Lipinski definition) is 4. The first-order valence-electron chi connectivity index (χ1n) is 12.6. The highest BCUT2D eigenvalue weighted by molar-refractivity contribution is 5.79. The zero-order valence-electron chi connectivity index (χ0n) is 20.2. The number of rotatable bonds is 9. The van der Waals surface area contributed by atoms with Crippen molar-refractivity contribution in [3.8, 4) is 11.1 Å². The average molecular weight is 479 g/mol. The third-order valence-electron chi connectivity index (χ3n) is 7.32. The molecule has 0 aromatic heterocycles. The lowest BCUT2D eigenvalue weighted by Gasteiger charge is -2.28. The molecule has 2 aliphatic carbocycles. The van der Waals surface area contributed by atoms with Gasteiger partial charge in [-0.15, -0.1) is 0 Å². The monoisotopic (exact) mass is 478 g/mol. The van der Waals surface area contributed by atoms with Gasteiger partial charge in [0, 0.05) is 24.9 Å². The summed E-state index contributed by atoms with van der Waals surface area (Å²) in [7, 11) is 0. The topological polar surface area (TPSA) is 105 Å². The number of hydrogen-bond donors (Lipinski definition) is 3. The van der Waals surface area contributed by atoms with Crippen LogP contribution in [0.4, 0.5) is 4.79 Å². The van der Waals surface area contributed by atoms with E-state index < -0.39 is 12.1 Å². The molecule has 0 radical (unpaired) electrons. The predicted octanol–water partition coefficient (Wildman–Crippen LogP) is 4.70. The lowest BCUT2D eigenvalue weighted by molar-refractivity contribution is -0.143. The molecule has 7 nitrogen and oxygen atoms in total. The summed E-state index contributed by atoms with van der Waals surface area (Å²) in [5, 5.41) is 15.0. The van der Waals surface area contributed by atoms with Crippen LogP contribution in [0.1, 0.15) is 62.5 Å². The fourth-order valence-electron chi connectivity index (χ4n) is 5.33. The maximum absolute atomic E-state index is 12.5. The van der Waals surface area contributed by atoms with Gasteiger partial charge in [0.25, 0.3) is 0 Å². The van der Waals surface area contributed by atoms with Crippen LogP contribution in [0.25, 0.3) is 11.1 Å². The summed E-state index contributed by atoms with van der Waals surface area (Å²) in [5.74, 6) is -1.28. The van der Waals surface area contributed by atoms with E-state index in [-0.39, 0.29) is 42.7 Å². The minimum atomic E-state index is -0.789. The summed E-state index contributed by atoms with van der Waals surface area (Å²) in [5.41, 5.74) is 4.69. The molecule has 0 saturated heterocycles. The molecule has 0 heterocycles. The molecule has 4 rings (SSSR count). The number of ether oxygens (including phenoxy) is 1. The van der Waals surface area contributed by atoms with Crippen LogP contribution < -0.4 is 10.6 Å². The van der Waals surface area contributed by atoms with Gasteiger partial charge in [-0.3, -0.25) is 9.59 Å². The number of aliphatic carboxylic acids is 1. The molecule has 3 atom stereocenters. The van der Waals surface area contributed by atoms with Gasteiger partial charge in [-0.2, -0.15) is 0 Å². The predicted molar refractivity (Wildman–Crippen MR) is 133 cm³/mol. The smallest absolute Gasteiger partial charge is 0.407 e. The van der Waals surface area contributed by atoms with Crippen molar-refractivity contribution in [2.45, 2.75) is 57.4 Å². The summed E-state index contributed by atoms with van der Waals surface area (Å²) in [4.78, 5) is 36.2. The molecule has 0 aliphatic heterocycles.